The Bertz CT molecular complexity index is 909. The average molecular weight is 348 g/mol. The third-order valence-corrected chi connectivity index (χ3v) is 3.93. The maximum Gasteiger partial charge on any atom is 0.368 e. The first-order chi connectivity index (χ1) is 11.4. The van der Waals surface area contributed by atoms with Crippen LogP contribution in [0.4, 0.5) is 11.6 Å². The van der Waals surface area contributed by atoms with Gasteiger partial charge in [-0.25, -0.2) is 4.98 Å². The van der Waals surface area contributed by atoms with Gasteiger partial charge in [0.15, 0.2) is 5.82 Å². The molecule has 8 nitrogen and oxygen atoms in total. The highest BCUT2D eigenvalue weighted by molar-refractivity contribution is 6.31. The average Bonchev–Trinajstić information content (AvgIpc) is 2.96. The lowest BCUT2D eigenvalue weighted by Gasteiger charge is -2.25. The molecule has 0 bridgehead atoms. The van der Waals surface area contributed by atoms with Crippen molar-refractivity contribution in [2.75, 3.05) is 11.9 Å². The zero-order valence-electron chi connectivity index (χ0n) is 12.7. The Morgan fingerprint density at radius 3 is 2.83 bits per heavy atom. The molecule has 2 N–H and O–H groups in total. The fraction of sp³-hybridized carbons (Fsp3) is 0.200. The summed E-state index contributed by atoms with van der Waals surface area (Å²) in [7, 11) is 0. The highest BCUT2D eigenvalue weighted by Gasteiger charge is 2.26. The Morgan fingerprint density at radius 1 is 1.38 bits per heavy atom. The molecule has 0 aliphatic heterocycles. The fourth-order valence-corrected chi connectivity index (χ4v) is 2.68. The van der Waals surface area contributed by atoms with Crippen LogP contribution in [0.15, 0.2) is 42.6 Å². The summed E-state index contributed by atoms with van der Waals surface area (Å²) in [4.78, 5) is 14.3. The number of hydrogen-bond acceptors (Lipinski definition) is 6. The summed E-state index contributed by atoms with van der Waals surface area (Å²) < 4.78 is 1.13. The minimum Gasteiger partial charge on any atom is -0.384 e. The second kappa shape index (κ2) is 6.06. The van der Waals surface area contributed by atoms with E-state index in [-0.39, 0.29) is 12.4 Å². The summed E-state index contributed by atoms with van der Waals surface area (Å²) in [5.41, 5.74) is -0.297. The van der Waals surface area contributed by atoms with Gasteiger partial charge in [-0.3, -0.25) is 0 Å². The fourth-order valence-electron chi connectivity index (χ4n) is 2.34. The first-order valence-corrected chi connectivity index (χ1v) is 7.47. The zero-order valence-corrected chi connectivity index (χ0v) is 13.4. The van der Waals surface area contributed by atoms with Gasteiger partial charge in [-0.15, -0.1) is 0 Å². The van der Waals surface area contributed by atoms with Gasteiger partial charge in [-0.2, -0.15) is 0 Å². The molecule has 0 aliphatic carbocycles. The largest absolute Gasteiger partial charge is 0.384 e. The summed E-state index contributed by atoms with van der Waals surface area (Å²) >= 11 is 6.12. The molecule has 2 aromatic heterocycles. The maximum atomic E-state index is 11.0. The predicted molar refractivity (Wildman–Crippen MR) is 89.2 cm³/mol. The maximum absolute atomic E-state index is 11.0. The molecule has 1 unspecified atom stereocenters. The molecule has 0 amide bonds. The molecule has 0 saturated heterocycles. The van der Waals surface area contributed by atoms with Crippen molar-refractivity contribution >= 4 is 28.9 Å². The number of hydrogen-bond donors (Lipinski definition) is 2. The zero-order chi connectivity index (χ0) is 17.3. The summed E-state index contributed by atoms with van der Waals surface area (Å²) in [5, 5.41) is 29.2. The van der Waals surface area contributed by atoms with Gasteiger partial charge in [-0.1, -0.05) is 39.4 Å². The van der Waals surface area contributed by atoms with Crippen molar-refractivity contribution in [2.24, 2.45) is 0 Å². The molecule has 0 radical (unpaired) electrons. The standard InChI is InChI=1S/C15H14ClN5O3/c1-15(22,10-4-2-3-5-11(10)16)9-18-12-6-7-13-17-8-14(21(23)24)20(13)19-12/h2-8,22H,9H2,1H3,(H,18,19). The van der Waals surface area contributed by atoms with Gasteiger partial charge in [0.2, 0.25) is 5.65 Å². The highest BCUT2D eigenvalue weighted by atomic mass is 35.5. The minimum atomic E-state index is -1.24. The molecule has 2 heterocycles. The van der Waals surface area contributed by atoms with Crippen LogP contribution in [0.25, 0.3) is 5.65 Å². The van der Waals surface area contributed by atoms with E-state index in [1.807, 2.05) is 0 Å². The summed E-state index contributed by atoms with van der Waals surface area (Å²) in [6.07, 6.45) is 1.14. The Balaban J connectivity index is 1.84. The van der Waals surface area contributed by atoms with E-state index in [2.05, 4.69) is 15.4 Å². The Hall–Kier alpha value is -2.71. The number of rotatable bonds is 5. The highest BCUT2D eigenvalue weighted by Crippen LogP contribution is 2.28. The van der Waals surface area contributed by atoms with Crippen molar-refractivity contribution in [3.8, 4) is 0 Å². The molecule has 0 saturated carbocycles. The van der Waals surface area contributed by atoms with E-state index in [0.717, 1.165) is 10.7 Å². The number of nitrogens with zero attached hydrogens (tertiary/aromatic N) is 4. The number of halogens is 1. The first kappa shape index (κ1) is 16.2. The molecular formula is C15H14ClN5O3. The molecule has 9 heteroatoms. The van der Waals surface area contributed by atoms with Crippen LogP contribution in [-0.2, 0) is 5.60 Å². The molecule has 124 valence electrons. The summed E-state index contributed by atoms with van der Waals surface area (Å²) in [6.45, 7) is 1.75. The number of fused-ring (bicyclic) bond motifs is 1. The second-order valence-electron chi connectivity index (χ2n) is 5.47. The van der Waals surface area contributed by atoms with Crippen LogP contribution in [0.3, 0.4) is 0 Å². The van der Waals surface area contributed by atoms with Gasteiger partial charge < -0.3 is 20.5 Å². The van der Waals surface area contributed by atoms with Crippen LogP contribution in [0.5, 0.6) is 0 Å². The smallest absolute Gasteiger partial charge is 0.368 e. The van der Waals surface area contributed by atoms with Crippen LogP contribution in [0, 0.1) is 10.1 Å². The topological polar surface area (TPSA) is 106 Å². The van der Waals surface area contributed by atoms with Crippen molar-refractivity contribution in [2.45, 2.75) is 12.5 Å². The first-order valence-electron chi connectivity index (χ1n) is 7.09. The number of benzene rings is 1. The second-order valence-corrected chi connectivity index (χ2v) is 5.88. The van der Waals surface area contributed by atoms with Crippen molar-refractivity contribution in [1.82, 2.24) is 14.6 Å². The number of nitrogens with one attached hydrogen (secondary N) is 1. The molecular weight excluding hydrogens is 334 g/mol. The Labute approximate surface area is 141 Å². The molecule has 0 fully saturated rings. The van der Waals surface area contributed by atoms with E-state index in [1.54, 1.807) is 43.3 Å². The van der Waals surface area contributed by atoms with E-state index >= 15 is 0 Å². The van der Waals surface area contributed by atoms with Gasteiger partial charge in [0.1, 0.15) is 11.8 Å². The minimum absolute atomic E-state index is 0.123. The third kappa shape index (κ3) is 3.01. The van der Waals surface area contributed by atoms with Crippen molar-refractivity contribution in [1.29, 1.82) is 0 Å². The van der Waals surface area contributed by atoms with Crippen molar-refractivity contribution in [3.63, 3.8) is 0 Å². The molecule has 0 spiro atoms. The van der Waals surface area contributed by atoms with E-state index in [4.69, 9.17) is 11.6 Å². The lowest BCUT2D eigenvalue weighted by molar-refractivity contribution is -0.391. The molecule has 24 heavy (non-hydrogen) atoms. The van der Waals surface area contributed by atoms with E-state index in [0.29, 0.717) is 22.1 Å². The van der Waals surface area contributed by atoms with Gasteiger partial charge in [-0.05, 0) is 24.0 Å². The van der Waals surface area contributed by atoms with Gasteiger partial charge in [0.25, 0.3) is 0 Å². The van der Waals surface area contributed by atoms with E-state index in [1.165, 1.54) is 0 Å². The number of nitro groups is 1. The molecule has 3 rings (SSSR count). The van der Waals surface area contributed by atoms with Crippen molar-refractivity contribution < 1.29 is 10.0 Å². The summed E-state index contributed by atoms with van der Waals surface area (Å²) in [6, 6.07) is 10.2. The van der Waals surface area contributed by atoms with Gasteiger partial charge in [0, 0.05) is 23.2 Å². The van der Waals surface area contributed by atoms with Crippen LogP contribution in [-0.4, -0.2) is 31.2 Å². The third-order valence-electron chi connectivity index (χ3n) is 3.60. The molecule has 1 atom stereocenters. The Morgan fingerprint density at radius 2 is 2.12 bits per heavy atom. The lowest BCUT2D eigenvalue weighted by Crippen LogP contribution is -2.31. The van der Waals surface area contributed by atoms with Crippen molar-refractivity contribution in [3.05, 3.63) is 63.3 Å². The SMILES string of the molecule is CC(O)(CNc1ccc2ncc([N+](=O)[O-])n2n1)c1ccccc1Cl. The molecule has 1 aromatic carbocycles. The van der Waals surface area contributed by atoms with Crippen LogP contribution >= 0.6 is 11.6 Å². The molecule has 0 aliphatic rings. The van der Waals surface area contributed by atoms with Gasteiger partial charge >= 0.3 is 5.82 Å². The van der Waals surface area contributed by atoms with Crippen LogP contribution in [0.1, 0.15) is 12.5 Å². The summed E-state index contributed by atoms with van der Waals surface area (Å²) in [5.74, 6) is 0.141. The van der Waals surface area contributed by atoms with Crippen LogP contribution in [0.2, 0.25) is 5.02 Å². The normalized spacial score (nSPS) is 13.6. The number of aromatic nitrogens is 3. The quantitative estimate of drug-likeness (QED) is 0.543. The monoisotopic (exact) mass is 347 g/mol. The van der Waals surface area contributed by atoms with Crippen LogP contribution < -0.4 is 5.32 Å². The number of imidazole rings is 1. The number of aliphatic hydroxyl groups is 1. The number of anilines is 1. The molecule has 3 aromatic rings. The lowest BCUT2D eigenvalue weighted by atomic mass is 9.96. The Kier molecular flexibility index (Phi) is 4.08. The van der Waals surface area contributed by atoms with E-state index in [9.17, 15) is 15.2 Å². The van der Waals surface area contributed by atoms with E-state index < -0.39 is 10.5 Å². The van der Waals surface area contributed by atoms with Gasteiger partial charge in [0.05, 0.1) is 0 Å². The predicted octanol–water partition coefficient (Wildman–Crippen LogP) is 2.61.